The first kappa shape index (κ1) is 14.6. The van der Waals surface area contributed by atoms with Gasteiger partial charge >= 0.3 is 0 Å². The molecule has 1 aromatic heterocycles. The quantitative estimate of drug-likeness (QED) is 0.851. The van der Waals surface area contributed by atoms with Crippen molar-refractivity contribution in [1.29, 1.82) is 0 Å². The summed E-state index contributed by atoms with van der Waals surface area (Å²) < 4.78 is 0. The fourth-order valence-electron chi connectivity index (χ4n) is 1.64. The van der Waals surface area contributed by atoms with Crippen LogP contribution >= 0.6 is 23.2 Å². The summed E-state index contributed by atoms with van der Waals surface area (Å²) in [6.45, 7) is 0.421. The summed E-state index contributed by atoms with van der Waals surface area (Å²) in [4.78, 5) is 16.1. The Balaban J connectivity index is 2.04. The van der Waals surface area contributed by atoms with E-state index in [9.17, 15) is 4.79 Å². The summed E-state index contributed by atoms with van der Waals surface area (Å²) in [5, 5.41) is 6.61. The van der Waals surface area contributed by atoms with E-state index in [-0.39, 0.29) is 11.1 Å². The molecule has 0 aliphatic carbocycles. The van der Waals surface area contributed by atoms with Crippen molar-refractivity contribution in [3.05, 3.63) is 57.7 Å². The minimum Gasteiger partial charge on any atom is -0.373 e. The summed E-state index contributed by atoms with van der Waals surface area (Å²) in [6.07, 6.45) is 0. The molecule has 0 bridgehead atoms. The van der Waals surface area contributed by atoms with Gasteiger partial charge in [-0.3, -0.25) is 4.79 Å². The van der Waals surface area contributed by atoms with Gasteiger partial charge in [-0.25, -0.2) is 4.98 Å². The first-order valence-corrected chi connectivity index (χ1v) is 6.72. The van der Waals surface area contributed by atoms with Crippen LogP contribution in [-0.2, 0) is 6.54 Å². The Bertz CT molecular complexity index is 614. The second kappa shape index (κ2) is 6.59. The Morgan fingerprint density at radius 2 is 1.90 bits per heavy atom. The van der Waals surface area contributed by atoms with Crippen LogP contribution in [0.1, 0.15) is 15.9 Å². The van der Waals surface area contributed by atoms with Crippen molar-refractivity contribution in [1.82, 2.24) is 10.3 Å². The van der Waals surface area contributed by atoms with Gasteiger partial charge < -0.3 is 10.6 Å². The average Bonchev–Trinajstić information content (AvgIpc) is 2.45. The minimum absolute atomic E-state index is 0.208. The predicted octanol–water partition coefficient (Wildman–Crippen LogP) is 3.36. The predicted molar refractivity (Wildman–Crippen MR) is 81.4 cm³/mol. The number of nitrogens with zero attached hydrogens (tertiary/aromatic N) is 1. The normalized spacial score (nSPS) is 10.2. The van der Waals surface area contributed by atoms with Gasteiger partial charge in [-0.2, -0.15) is 0 Å². The summed E-state index contributed by atoms with van der Waals surface area (Å²) in [5.41, 5.74) is 1.43. The second-order valence-electron chi connectivity index (χ2n) is 4.12. The van der Waals surface area contributed by atoms with Crippen LogP contribution < -0.4 is 10.6 Å². The van der Waals surface area contributed by atoms with Crippen LogP contribution in [0.25, 0.3) is 0 Å². The summed E-state index contributed by atoms with van der Waals surface area (Å²) in [7, 11) is 1.72. The molecular weight excluding hydrogens is 297 g/mol. The molecule has 0 fully saturated rings. The molecular formula is C14H13Cl2N3O. The molecule has 2 aromatic rings. The molecule has 4 nitrogen and oxygen atoms in total. The van der Waals surface area contributed by atoms with E-state index in [1.165, 1.54) is 6.07 Å². The Morgan fingerprint density at radius 1 is 1.20 bits per heavy atom. The molecule has 2 N–H and O–H groups in total. The van der Waals surface area contributed by atoms with Crippen molar-refractivity contribution in [2.24, 2.45) is 0 Å². The SMILES string of the molecule is CNc1cc(C(=O)NCc2ccc(Cl)cc2)cc(Cl)n1. The Labute approximate surface area is 127 Å². The number of nitrogens with one attached hydrogen (secondary N) is 2. The Kier molecular flexibility index (Phi) is 4.82. The molecule has 0 spiro atoms. The molecule has 0 aliphatic rings. The van der Waals surface area contributed by atoms with E-state index in [4.69, 9.17) is 23.2 Å². The lowest BCUT2D eigenvalue weighted by molar-refractivity contribution is 0.0951. The van der Waals surface area contributed by atoms with Crippen molar-refractivity contribution < 1.29 is 4.79 Å². The van der Waals surface area contributed by atoms with E-state index >= 15 is 0 Å². The highest BCUT2D eigenvalue weighted by molar-refractivity contribution is 6.30. The van der Waals surface area contributed by atoms with E-state index in [0.29, 0.717) is 22.9 Å². The van der Waals surface area contributed by atoms with Crippen LogP contribution in [0.5, 0.6) is 0 Å². The summed E-state index contributed by atoms with van der Waals surface area (Å²) in [5.74, 6) is 0.342. The first-order chi connectivity index (χ1) is 9.58. The third-order valence-corrected chi connectivity index (χ3v) is 3.12. The maximum atomic E-state index is 12.1. The molecule has 0 radical (unpaired) electrons. The third kappa shape index (κ3) is 3.85. The number of carbonyl (C=O) groups excluding carboxylic acids is 1. The third-order valence-electron chi connectivity index (χ3n) is 2.68. The highest BCUT2D eigenvalue weighted by atomic mass is 35.5. The number of hydrogen-bond acceptors (Lipinski definition) is 3. The molecule has 20 heavy (non-hydrogen) atoms. The van der Waals surface area contributed by atoms with Crippen LogP contribution in [0.3, 0.4) is 0 Å². The molecule has 0 saturated carbocycles. The number of benzene rings is 1. The fraction of sp³-hybridized carbons (Fsp3) is 0.143. The van der Waals surface area contributed by atoms with Gasteiger partial charge in [0.1, 0.15) is 11.0 Å². The molecule has 2 rings (SSSR count). The standard InChI is InChI=1S/C14H13Cl2N3O/c1-17-13-7-10(6-12(16)19-13)14(20)18-8-9-2-4-11(15)5-3-9/h2-7H,8H2,1H3,(H,17,19)(H,18,20). The lowest BCUT2D eigenvalue weighted by Gasteiger charge is -2.07. The Hall–Kier alpha value is -1.78. The van der Waals surface area contributed by atoms with Crippen molar-refractivity contribution in [2.75, 3.05) is 12.4 Å². The number of pyridine rings is 1. The molecule has 1 aromatic carbocycles. The number of rotatable bonds is 4. The molecule has 0 unspecified atom stereocenters. The van der Waals surface area contributed by atoms with Crippen LogP contribution in [0.4, 0.5) is 5.82 Å². The van der Waals surface area contributed by atoms with Gasteiger partial charge in [0.2, 0.25) is 0 Å². The lowest BCUT2D eigenvalue weighted by Crippen LogP contribution is -2.23. The van der Waals surface area contributed by atoms with Gasteiger partial charge in [-0.15, -0.1) is 0 Å². The number of halogens is 2. The monoisotopic (exact) mass is 309 g/mol. The number of aromatic nitrogens is 1. The molecule has 1 heterocycles. The number of amides is 1. The largest absolute Gasteiger partial charge is 0.373 e. The van der Waals surface area contributed by atoms with Crippen LogP contribution in [0.2, 0.25) is 10.2 Å². The lowest BCUT2D eigenvalue weighted by atomic mass is 10.2. The van der Waals surface area contributed by atoms with Crippen molar-refractivity contribution in [3.63, 3.8) is 0 Å². The van der Waals surface area contributed by atoms with E-state index in [0.717, 1.165) is 5.56 Å². The van der Waals surface area contributed by atoms with E-state index in [1.54, 1.807) is 25.2 Å². The van der Waals surface area contributed by atoms with Gasteiger partial charge in [-0.1, -0.05) is 35.3 Å². The molecule has 1 amide bonds. The zero-order valence-electron chi connectivity index (χ0n) is 10.8. The second-order valence-corrected chi connectivity index (χ2v) is 4.95. The smallest absolute Gasteiger partial charge is 0.251 e. The fourth-order valence-corrected chi connectivity index (χ4v) is 1.98. The van der Waals surface area contributed by atoms with Gasteiger partial charge in [-0.05, 0) is 29.8 Å². The molecule has 0 saturated heterocycles. The van der Waals surface area contributed by atoms with Crippen molar-refractivity contribution in [2.45, 2.75) is 6.54 Å². The van der Waals surface area contributed by atoms with Crippen molar-refractivity contribution >= 4 is 34.9 Å². The van der Waals surface area contributed by atoms with E-state index < -0.39 is 0 Å². The summed E-state index contributed by atoms with van der Waals surface area (Å²) in [6, 6.07) is 10.5. The number of hydrogen-bond donors (Lipinski definition) is 2. The zero-order valence-corrected chi connectivity index (χ0v) is 12.3. The van der Waals surface area contributed by atoms with Crippen LogP contribution in [0.15, 0.2) is 36.4 Å². The minimum atomic E-state index is -0.208. The average molecular weight is 310 g/mol. The molecule has 0 aliphatic heterocycles. The maximum Gasteiger partial charge on any atom is 0.251 e. The maximum absolute atomic E-state index is 12.1. The van der Waals surface area contributed by atoms with Gasteiger partial charge in [0.15, 0.2) is 0 Å². The van der Waals surface area contributed by atoms with Gasteiger partial charge in [0, 0.05) is 24.2 Å². The highest BCUT2D eigenvalue weighted by Crippen LogP contribution is 2.14. The topological polar surface area (TPSA) is 54.0 Å². The summed E-state index contributed by atoms with van der Waals surface area (Å²) >= 11 is 11.7. The first-order valence-electron chi connectivity index (χ1n) is 5.96. The molecule has 104 valence electrons. The van der Waals surface area contributed by atoms with Gasteiger partial charge in [0.25, 0.3) is 5.91 Å². The van der Waals surface area contributed by atoms with Crippen LogP contribution in [0, 0.1) is 0 Å². The van der Waals surface area contributed by atoms with Crippen LogP contribution in [-0.4, -0.2) is 17.9 Å². The van der Waals surface area contributed by atoms with E-state index in [2.05, 4.69) is 15.6 Å². The van der Waals surface area contributed by atoms with Crippen molar-refractivity contribution in [3.8, 4) is 0 Å². The van der Waals surface area contributed by atoms with E-state index in [1.807, 2.05) is 12.1 Å². The number of carbonyl (C=O) groups is 1. The molecule has 0 atom stereocenters. The van der Waals surface area contributed by atoms with Gasteiger partial charge in [0.05, 0.1) is 0 Å². The highest BCUT2D eigenvalue weighted by Gasteiger charge is 2.08. The molecule has 6 heteroatoms. The zero-order chi connectivity index (χ0) is 14.5. The Morgan fingerprint density at radius 3 is 2.55 bits per heavy atom. The number of anilines is 1.